The molecule has 2 fully saturated rings. The van der Waals surface area contributed by atoms with Gasteiger partial charge in [-0.1, -0.05) is 6.92 Å². The van der Waals surface area contributed by atoms with Crippen molar-refractivity contribution < 1.29 is 5.11 Å². The molecule has 0 aliphatic carbocycles. The third-order valence-electron chi connectivity index (χ3n) is 4.31. The number of likely N-dealkylation sites (tertiary alicyclic amines) is 2. The van der Waals surface area contributed by atoms with E-state index in [0.717, 1.165) is 39.0 Å². The molecule has 88 valence electrons. The molecule has 0 radical (unpaired) electrons. The maximum absolute atomic E-state index is 10.7. The third kappa shape index (κ3) is 2.19. The van der Waals surface area contributed by atoms with Crippen LogP contribution in [0.1, 0.15) is 32.6 Å². The Bertz CT molecular complexity index is 212. The highest BCUT2D eigenvalue weighted by atomic mass is 16.3. The standard InChI is InChI=1S/C12H24N2O/c1-3-14-9-6-12(15,7-10-14)11-5-4-8-13(11)2/h11,15H,3-10H2,1-2H3. The Kier molecular flexibility index (Phi) is 3.33. The lowest BCUT2D eigenvalue weighted by atomic mass is 9.83. The average Bonchev–Trinajstić information content (AvgIpc) is 2.66. The molecule has 2 aliphatic rings. The second-order valence-corrected chi connectivity index (χ2v) is 5.18. The summed E-state index contributed by atoms with van der Waals surface area (Å²) in [6.45, 7) is 6.61. The van der Waals surface area contributed by atoms with Gasteiger partial charge in [0.25, 0.3) is 0 Å². The zero-order chi connectivity index (χ0) is 10.9. The molecule has 2 heterocycles. The van der Waals surface area contributed by atoms with Crippen molar-refractivity contribution in [3.63, 3.8) is 0 Å². The lowest BCUT2D eigenvalue weighted by Gasteiger charge is -2.43. The van der Waals surface area contributed by atoms with Crippen LogP contribution in [-0.4, -0.2) is 59.8 Å². The molecule has 1 N–H and O–H groups in total. The van der Waals surface area contributed by atoms with Crippen LogP contribution in [0.2, 0.25) is 0 Å². The van der Waals surface area contributed by atoms with Gasteiger partial charge in [0, 0.05) is 19.1 Å². The minimum atomic E-state index is -0.406. The highest BCUT2D eigenvalue weighted by Crippen LogP contribution is 2.33. The van der Waals surface area contributed by atoms with E-state index in [-0.39, 0.29) is 0 Å². The van der Waals surface area contributed by atoms with Gasteiger partial charge in [0.15, 0.2) is 0 Å². The van der Waals surface area contributed by atoms with Crippen molar-refractivity contribution in [2.45, 2.75) is 44.2 Å². The maximum atomic E-state index is 10.7. The summed E-state index contributed by atoms with van der Waals surface area (Å²) in [4.78, 5) is 4.78. The SMILES string of the molecule is CCN1CCC(O)(C2CCCN2C)CC1. The Hall–Kier alpha value is -0.120. The van der Waals surface area contributed by atoms with Gasteiger partial charge in [0.1, 0.15) is 0 Å². The van der Waals surface area contributed by atoms with E-state index in [9.17, 15) is 5.11 Å². The van der Waals surface area contributed by atoms with Crippen LogP contribution < -0.4 is 0 Å². The normalized spacial score (nSPS) is 33.4. The fourth-order valence-corrected chi connectivity index (χ4v) is 3.18. The lowest BCUT2D eigenvalue weighted by molar-refractivity contribution is -0.0699. The molecule has 1 atom stereocenters. The van der Waals surface area contributed by atoms with Crippen LogP contribution in [0.3, 0.4) is 0 Å². The van der Waals surface area contributed by atoms with Crippen LogP contribution in [0.15, 0.2) is 0 Å². The topological polar surface area (TPSA) is 26.7 Å². The van der Waals surface area contributed by atoms with Crippen LogP contribution in [-0.2, 0) is 0 Å². The zero-order valence-electron chi connectivity index (χ0n) is 10.1. The van der Waals surface area contributed by atoms with Gasteiger partial charge >= 0.3 is 0 Å². The molecule has 2 aliphatic heterocycles. The first-order chi connectivity index (χ1) is 7.15. The van der Waals surface area contributed by atoms with Crippen molar-refractivity contribution in [1.82, 2.24) is 9.80 Å². The van der Waals surface area contributed by atoms with Gasteiger partial charge < -0.3 is 14.9 Å². The van der Waals surface area contributed by atoms with Crippen LogP contribution in [0.4, 0.5) is 0 Å². The molecule has 0 bridgehead atoms. The predicted octanol–water partition coefficient (Wildman–Crippen LogP) is 0.927. The molecule has 3 nitrogen and oxygen atoms in total. The summed E-state index contributed by atoms with van der Waals surface area (Å²) < 4.78 is 0. The fourth-order valence-electron chi connectivity index (χ4n) is 3.18. The second kappa shape index (κ2) is 4.40. The molecule has 2 rings (SSSR count). The van der Waals surface area contributed by atoms with Crippen molar-refractivity contribution in [1.29, 1.82) is 0 Å². The lowest BCUT2D eigenvalue weighted by Crippen LogP contribution is -2.54. The van der Waals surface area contributed by atoms with E-state index in [1.54, 1.807) is 0 Å². The van der Waals surface area contributed by atoms with Crippen molar-refractivity contribution in [3.05, 3.63) is 0 Å². The minimum Gasteiger partial charge on any atom is -0.388 e. The minimum absolute atomic E-state index is 0.406. The first-order valence-corrected chi connectivity index (χ1v) is 6.31. The summed E-state index contributed by atoms with van der Waals surface area (Å²) in [6, 6.07) is 0.413. The number of likely N-dealkylation sites (N-methyl/N-ethyl adjacent to an activating group) is 1. The number of nitrogens with zero attached hydrogens (tertiary/aromatic N) is 2. The van der Waals surface area contributed by atoms with E-state index < -0.39 is 5.60 Å². The summed E-state index contributed by atoms with van der Waals surface area (Å²) in [5.74, 6) is 0. The molecule has 0 amide bonds. The Balaban J connectivity index is 1.96. The van der Waals surface area contributed by atoms with Gasteiger partial charge in [-0.3, -0.25) is 0 Å². The summed E-state index contributed by atoms with van der Waals surface area (Å²) in [5, 5.41) is 10.7. The Morgan fingerprint density at radius 1 is 1.27 bits per heavy atom. The molecular weight excluding hydrogens is 188 g/mol. The van der Waals surface area contributed by atoms with E-state index >= 15 is 0 Å². The summed E-state index contributed by atoms with van der Waals surface area (Å²) in [6.07, 6.45) is 4.34. The third-order valence-corrected chi connectivity index (χ3v) is 4.31. The van der Waals surface area contributed by atoms with Crippen LogP contribution >= 0.6 is 0 Å². The smallest absolute Gasteiger partial charge is 0.0826 e. The van der Waals surface area contributed by atoms with Gasteiger partial charge in [-0.15, -0.1) is 0 Å². The number of rotatable bonds is 2. The Morgan fingerprint density at radius 3 is 2.40 bits per heavy atom. The molecule has 0 aromatic heterocycles. The first-order valence-electron chi connectivity index (χ1n) is 6.31. The Morgan fingerprint density at radius 2 is 1.93 bits per heavy atom. The molecule has 2 saturated heterocycles. The highest BCUT2D eigenvalue weighted by Gasteiger charge is 2.42. The molecule has 0 aromatic rings. The van der Waals surface area contributed by atoms with Gasteiger partial charge in [-0.05, 0) is 45.8 Å². The summed E-state index contributed by atoms with van der Waals surface area (Å²) in [7, 11) is 2.15. The largest absolute Gasteiger partial charge is 0.388 e. The van der Waals surface area contributed by atoms with E-state index in [0.29, 0.717) is 6.04 Å². The number of hydrogen-bond acceptors (Lipinski definition) is 3. The van der Waals surface area contributed by atoms with E-state index in [1.807, 2.05) is 0 Å². The molecular formula is C12H24N2O. The van der Waals surface area contributed by atoms with Crippen LogP contribution in [0.25, 0.3) is 0 Å². The Labute approximate surface area is 93.1 Å². The molecule has 0 aromatic carbocycles. The van der Waals surface area contributed by atoms with Crippen molar-refractivity contribution in [2.24, 2.45) is 0 Å². The van der Waals surface area contributed by atoms with Crippen molar-refractivity contribution >= 4 is 0 Å². The van der Waals surface area contributed by atoms with Gasteiger partial charge in [0.2, 0.25) is 0 Å². The zero-order valence-corrected chi connectivity index (χ0v) is 10.1. The second-order valence-electron chi connectivity index (χ2n) is 5.18. The maximum Gasteiger partial charge on any atom is 0.0826 e. The monoisotopic (exact) mass is 212 g/mol. The first kappa shape index (κ1) is 11.4. The summed E-state index contributed by atoms with van der Waals surface area (Å²) >= 11 is 0. The van der Waals surface area contributed by atoms with E-state index in [1.165, 1.54) is 12.8 Å². The predicted molar refractivity (Wildman–Crippen MR) is 61.9 cm³/mol. The van der Waals surface area contributed by atoms with Gasteiger partial charge in [-0.2, -0.15) is 0 Å². The van der Waals surface area contributed by atoms with E-state index in [4.69, 9.17) is 0 Å². The number of aliphatic hydroxyl groups is 1. The molecule has 1 unspecified atom stereocenters. The van der Waals surface area contributed by atoms with Gasteiger partial charge in [0.05, 0.1) is 5.60 Å². The molecule has 0 saturated carbocycles. The van der Waals surface area contributed by atoms with Crippen molar-refractivity contribution in [2.75, 3.05) is 33.2 Å². The summed E-state index contributed by atoms with van der Waals surface area (Å²) in [5.41, 5.74) is -0.406. The molecule has 3 heteroatoms. The molecule has 0 spiro atoms. The highest BCUT2D eigenvalue weighted by molar-refractivity contribution is 4.98. The van der Waals surface area contributed by atoms with Crippen LogP contribution in [0.5, 0.6) is 0 Å². The number of piperidine rings is 1. The van der Waals surface area contributed by atoms with Crippen LogP contribution in [0, 0.1) is 0 Å². The molecule has 15 heavy (non-hydrogen) atoms. The average molecular weight is 212 g/mol. The fraction of sp³-hybridized carbons (Fsp3) is 1.00. The number of hydrogen-bond donors (Lipinski definition) is 1. The quantitative estimate of drug-likeness (QED) is 0.737. The van der Waals surface area contributed by atoms with E-state index in [2.05, 4.69) is 23.8 Å². The van der Waals surface area contributed by atoms with Crippen molar-refractivity contribution in [3.8, 4) is 0 Å². The van der Waals surface area contributed by atoms with Gasteiger partial charge in [-0.25, -0.2) is 0 Å².